The van der Waals surface area contributed by atoms with E-state index < -0.39 is 10.0 Å². The number of anilines is 2. The van der Waals surface area contributed by atoms with Gasteiger partial charge in [-0.15, -0.1) is 0 Å². The van der Waals surface area contributed by atoms with E-state index >= 15 is 0 Å². The number of hydrogen-bond acceptors (Lipinski definition) is 7. The average Bonchev–Trinajstić information content (AvgIpc) is 3.44. The number of rotatable bonds is 4. The lowest BCUT2D eigenvalue weighted by atomic mass is 9.95. The minimum atomic E-state index is -3.14. The molecule has 2 aliphatic carbocycles. The number of hydrogen-bond donors (Lipinski definition) is 2. The zero-order valence-corrected chi connectivity index (χ0v) is 18.1. The number of nitrogens with zero attached hydrogens (tertiary/aromatic N) is 4. The lowest BCUT2D eigenvalue weighted by Gasteiger charge is -2.38. The first-order valence-electron chi connectivity index (χ1n) is 10.7. The number of fused-ring (bicyclic) bond motifs is 1. The highest BCUT2D eigenvalue weighted by molar-refractivity contribution is 7.88. The van der Waals surface area contributed by atoms with Crippen molar-refractivity contribution in [3.63, 3.8) is 0 Å². The van der Waals surface area contributed by atoms with Crippen LogP contribution in [0.15, 0.2) is 24.5 Å². The Bertz CT molecular complexity index is 996. The molecule has 8 nitrogen and oxygen atoms in total. The molecular formula is C21H29N5O3S. The number of allylic oxidation sites excluding steroid dienone is 1. The Kier molecular flexibility index (Phi) is 4.68. The van der Waals surface area contributed by atoms with Gasteiger partial charge in [-0.1, -0.05) is 6.58 Å². The average molecular weight is 432 g/mol. The van der Waals surface area contributed by atoms with E-state index in [2.05, 4.69) is 21.8 Å². The molecule has 1 aromatic heterocycles. The molecule has 0 unspecified atom stereocenters. The van der Waals surface area contributed by atoms with Crippen molar-refractivity contribution < 1.29 is 13.5 Å². The Labute approximate surface area is 177 Å². The van der Waals surface area contributed by atoms with Crippen LogP contribution in [0, 0.1) is 5.41 Å². The molecule has 0 bridgehead atoms. The van der Waals surface area contributed by atoms with Gasteiger partial charge >= 0.3 is 0 Å². The van der Waals surface area contributed by atoms with E-state index in [-0.39, 0.29) is 23.6 Å². The van der Waals surface area contributed by atoms with Crippen LogP contribution in [-0.2, 0) is 10.0 Å². The molecule has 1 saturated heterocycles. The molecule has 0 aromatic carbocycles. The summed E-state index contributed by atoms with van der Waals surface area (Å²) < 4.78 is 25.0. The van der Waals surface area contributed by atoms with E-state index in [9.17, 15) is 13.5 Å². The second-order valence-electron chi connectivity index (χ2n) is 9.09. The van der Waals surface area contributed by atoms with Gasteiger partial charge in [0.2, 0.25) is 16.0 Å². The number of aromatic nitrogens is 2. The molecule has 2 N–H and O–H groups in total. The zero-order valence-electron chi connectivity index (χ0n) is 17.3. The lowest BCUT2D eigenvalue weighted by Crippen LogP contribution is -2.43. The summed E-state index contributed by atoms with van der Waals surface area (Å²) in [6.45, 7) is 5.27. The molecule has 2 aliphatic heterocycles. The van der Waals surface area contributed by atoms with Gasteiger partial charge < -0.3 is 15.3 Å². The molecule has 0 amide bonds. The molecule has 1 spiro atoms. The van der Waals surface area contributed by atoms with Crippen LogP contribution in [0.4, 0.5) is 11.8 Å². The van der Waals surface area contributed by atoms with Crippen LogP contribution >= 0.6 is 0 Å². The molecule has 2 atom stereocenters. The van der Waals surface area contributed by atoms with Crippen molar-refractivity contribution in [3.8, 4) is 0 Å². The molecular weight excluding hydrogens is 402 g/mol. The number of nitrogens with one attached hydrogen (secondary N) is 1. The van der Waals surface area contributed by atoms with E-state index in [1.807, 2.05) is 18.3 Å². The van der Waals surface area contributed by atoms with Gasteiger partial charge in [0, 0.05) is 48.0 Å². The van der Waals surface area contributed by atoms with Crippen LogP contribution < -0.4 is 10.2 Å². The molecule has 0 radical (unpaired) electrons. The molecule has 9 heteroatoms. The van der Waals surface area contributed by atoms with E-state index in [1.165, 1.54) is 10.6 Å². The smallest absolute Gasteiger partial charge is 0.224 e. The number of piperidine rings is 1. The highest BCUT2D eigenvalue weighted by atomic mass is 32.2. The maximum atomic E-state index is 11.7. The van der Waals surface area contributed by atoms with E-state index in [0.717, 1.165) is 55.6 Å². The molecule has 30 heavy (non-hydrogen) atoms. The molecule has 3 fully saturated rings. The molecule has 162 valence electrons. The predicted molar refractivity (Wildman–Crippen MR) is 116 cm³/mol. The van der Waals surface area contributed by atoms with Crippen molar-refractivity contribution in [3.05, 3.63) is 30.1 Å². The number of aliphatic hydroxyl groups is 1. The topological polar surface area (TPSA) is 98.7 Å². The third-order valence-corrected chi connectivity index (χ3v) is 8.53. The van der Waals surface area contributed by atoms with Gasteiger partial charge in [-0.3, -0.25) is 0 Å². The molecule has 1 aromatic rings. The van der Waals surface area contributed by atoms with Crippen LogP contribution in [-0.4, -0.2) is 65.3 Å². The van der Waals surface area contributed by atoms with Crippen LogP contribution in [0.25, 0.3) is 6.08 Å². The summed E-state index contributed by atoms with van der Waals surface area (Å²) in [5.41, 5.74) is 1.83. The highest BCUT2D eigenvalue weighted by Crippen LogP contribution is 2.60. The first-order chi connectivity index (χ1) is 14.3. The summed E-state index contributed by atoms with van der Waals surface area (Å²) in [4.78, 5) is 11.6. The van der Waals surface area contributed by atoms with Gasteiger partial charge in [0.15, 0.2) is 0 Å². The van der Waals surface area contributed by atoms with Crippen LogP contribution in [0.3, 0.4) is 0 Å². The third kappa shape index (κ3) is 3.33. The van der Waals surface area contributed by atoms with Crippen LogP contribution in [0.5, 0.6) is 0 Å². The normalized spacial score (nSPS) is 28.7. The second kappa shape index (κ2) is 7.03. The molecule has 3 heterocycles. The number of aliphatic hydroxyl groups excluding tert-OH is 1. The Hall–Kier alpha value is -1.97. The molecule has 4 aliphatic rings. The van der Waals surface area contributed by atoms with Crippen molar-refractivity contribution in [1.29, 1.82) is 0 Å². The Morgan fingerprint density at radius 1 is 1.20 bits per heavy atom. The first kappa shape index (κ1) is 20.0. The van der Waals surface area contributed by atoms with E-state index in [1.54, 1.807) is 0 Å². The fourth-order valence-corrected chi connectivity index (χ4v) is 6.21. The van der Waals surface area contributed by atoms with Crippen molar-refractivity contribution in [2.75, 3.05) is 29.6 Å². The van der Waals surface area contributed by atoms with Crippen LogP contribution in [0.2, 0.25) is 0 Å². The van der Waals surface area contributed by atoms with Crippen LogP contribution in [0.1, 0.15) is 44.1 Å². The molecule has 2 saturated carbocycles. The molecule has 5 rings (SSSR count). The van der Waals surface area contributed by atoms with Gasteiger partial charge in [-0.05, 0) is 50.7 Å². The Morgan fingerprint density at radius 3 is 2.60 bits per heavy atom. The second-order valence-corrected chi connectivity index (χ2v) is 11.1. The monoisotopic (exact) mass is 431 g/mol. The summed E-state index contributed by atoms with van der Waals surface area (Å²) in [6, 6.07) is 0.351. The Morgan fingerprint density at radius 2 is 1.93 bits per heavy atom. The number of sulfonamides is 1. The maximum Gasteiger partial charge on any atom is 0.224 e. The SMILES string of the molecule is C=C1C=Cc2cnc(NC3CCN(S(C)(=O)=O)CC3)nc2N1[C@H]1CC[C@@H](O)C12CC2. The van der Waals surface area contributed by atoms with Gasteiger partial charge in [-0.2, -0.15) is 4.98 Å². The zero-order chi connectivity index (χ0) is 21.1. The minimum Gasteiger partial charge on any atom is -0.392 e. The van der Waals surface area contributed by atoms with Gasteiger partial charge in [0.1, 0.15) is 5.82 Å². The van der Waals surface area contributed by atoms with Gasteiger partial charge in [0.05, 0.1) is 12.4 Å². The highest BCUT2D eigenvalue weighted by Gasteiger charge is 2.60. The summed E-state index contributed by atoms with van der Waals surface area (Å²) in [6.07, 6.45) is 12.1. The lowest BCUT2D eigenvalue weighted by molar-refractivity contribution is 0.113. The fourth-order valence-electron chi connectivity index (χ4n) is 5.34. The summed E-state index contributed by atoms with van der Waals surface area (Å²) >= 11 is 0. The van der Waals surface area contributed by atoms with Crippen molar-refractivity contribution >= 4 is 27.9 Å². The summed E-state index contributed by atoms with van der Waals surface area (Å²) in [5, 5.41) is 13.9. The predicted octanol–water partition coefficient (Wildman–Crippen LogP) is 1.96. The van der Waals surface area contributed by atoms with E-state index in [4.69, 9.17) is 4.98 Å². The Balaban J connectivity index is 1.36. The third-order valence-electron chi connectivity index (χ3n) is 7.22. The minimum absolute atomic E-state index is 0.0254. The first-order valence-corrected chi connectivity index (χ1v) is 12.6. The summed E-state index contributed by atoms with van der Waals surface area (Å²) in [7, 11) is -3.14. The van der Waals surface area contributed by atoms with Crippen molar-refractivity contribution in [2.24, 2.45) is 5.41 Å². The van der Waals surface area contributed by atoms with Crippen molar-refractivity contribution in [2.45, 2.75) is 56.7 Å². The van der Waals surface area contributed by atoms with Crippen molar-refractivity contribution in [1.82, 2.24) is 14.3 Å². The fraction of sp³-hybridized carbons (Fsp3) is 0.619. The summed E-state index contributed by atoms with van der Waals surface area (Å²) in [5.74, 6) is 1.40. The standard InChI is InChI=1S/C21H29N5O3S/c1-14-3-4-15-13-22-20(23-16-7-11-25(12-8-16)30(2,28)29)24-19(15)26(14)17-5-6-18(27)21(17)9-10-21/h3-4,13,16-18,27H,1,5-12H2,2H3,(H,22,23,24)/t17-,18+/m0/s1. The van der Waals surface area contributed by atoms with Gasteiger partial charge in [-0.25, -0.2) is 17.7 Å². The maximum absolute atomic E-state index is 11.7. The van der Waals surface area contributed by atoms with E-state index in [0.29, 0.717) is 19.0 Å². The quantitative estimate of drug-likeness (QED) is 0.752. The largest absolute Gasteiger partial charge is 0.392 e. The van der Waals surface area contributed by atoms with Gasteiger partial charge in [0.25, 0.3) is 0 Å².